The number of nitrogens with one attached hydrogen (secondary N) is 1. The average molecular weight is 427 g/mol. The number of anilines is 1. The zero-order valence-corrected chi connectivity index (χ0v) is 17.6. The minimum atomic E-state index is -3.84. The number of para-hydroxylation sites is 1. The van der Waals surface area contributed by atoms with Crippen LogP contribution in [0.1, 0.15) is 44.9 Å². The van der Waals surface area contributed by atoms with E-state index in [2.05, 4.69) is 19.6 Å². The van der Waals surface area contributed by atoms with Crippen molar-refractivity contribution in [3.63, 3.8) is 0 Å². The van der Waals surface area contributed by atoms with Crippen molar-refractivity contribution in [3.8, 4) is 0 Å². The smallest absolute Gasteiger partial charge is 0.286 e. The molecule has 1 saturated carbocycles. The van der Waals surface area contributed by atoms with Crippen molar-refractivity contribution in [1.82, 2.24) is 4.90 Å². The van der Waals surface area contributed by atoms with Crippen LogP contribution < -0.4 is 5.32 Å². The molecule has 0 amide bonds. The fraction of sp³-hybridized carbons (Fsp3) is 0.455. The number of allylic oxidation sites excluding steroid dienone is 1. The van der Waals surface area contributed by atoms with Gasteiger partial charge in [-0.1, -0.05) is 43.9 Å². The second-order valence-corrected chi connectivity index (χ2v) is 9.83. The third-order valence-corrected chi connectivity index (χ3v) is 7.67. The van der Waals surface area contributed by atoms with E-state index in [0.29, 0.717) is 23.7 Å². The standard InChI is InChI=1S/C22H26N4O3S/c27-20-16-10-7-13-23-22(16)26(15-8-3-1-2-4-9-15)14-17(20)21-24-18-11-5-6-12-19(18)30(28,29)25-21/h5-6,10-15,20,22,27H,1-4,7-9H2,(H,24,25). The van der Waals surface area contributed by atoms with Gasteiger partial charge in [-0.25, -0.2) is 0 Å². The molecule has 1 fully saturated rings. The summed E-state index contributed by atoms with van der Waals surface area (Å²) in [4.78, 5) is 7.05. The molecule has 3 heterocycles. The molecule has 3 aliphatic heterocycles. The molecular weight excluding hydrogens is 400 g/mol. The third kappa shape index (κ3) is 3.37. The first-order chi connectivity index (χ1) is 14.5. The maximum Gasteiger partial charge on any atom is 0.286 e. The molecule has 30 heavy (non-hydrogen) atoms. The number of hydrogen-bond donors (Lipinski definition) is 2. The minimum absolute atomic E-state index is 0.152. The maximum atomic E-state index is 12.8. The van der Waals surface area contributed by atoms with E-state index in [1.807, 2.05) is 18.5 Å². The molecule has 0 bridgehead atoms. The largest absolute Gasteiger partial charge is 0.384 e. The van der Waals surface area contributed by atoms with Crippen molar-refractivity contribution in [1.29, 1.82) is 0 Å². The van der Waals surface area contributed by atoms with Crippen molar-refractivity contribution < 1.29 is 13.5 Å². The number of sulfonamides is 1. The molecule has 2 N–H and O–H groups in total. The van der Waals surface area contributed by atoms with Crippen LogP contribution in [-0.4, -0.2) is 48.8 Å². The van der Waals surface area contributed by atoms with Gasteiger partial charge in [-0.15, -0.1) is 4.40 Å². The van der Waals surface area contributed by atoms with Gasteiger partial charge in [0.15, 0.2) is 5.84 Å². The summed E-state index contributed by atoms with van der Waals surface area (Å²) < 4.78 is 29.5. The lowest BCUT2D eigenvalue weighted by atomic mass is 9.90. The van der Waals surface area contributed by atoms with Gasteiger partial charge in [-0.05, 0) is 25.0 Å². The highest BCUT2D eigenvalue weighted by Crippen LogP contribution is 2.37. The lowest BCUT2D eigenvalue weighted by molar-refractivity contribution is 0.152. The summed E-state index contributed by atoms with van der Waals surface area (Å²) in [6, 6.07) is 7.02. The Morgan fingerprint density at radius 2 is 1.87 bits per heavy atom. The van der Waals surface area contributed by atoms with Crippen LogP contribution >= 0.6 is 0 Å². The van der Waals surface area contributed by atoms with E-state index in [1.165, 1.54) is 31.7 Å². The number of aliphatic hydroxyl groups is 1. The highest BCUT2D eigenvalue weighted by Gasteiger charge is 2.39. The number of fused-ring (bicyclic) bond motifs is 2. The Kier molecular flexibility index (Phi) is 4.99. The predicted octanol–water partition coefficient (Wildman–Crippen LogP) is 3.21. The molecule has 8 heteroatoms. The van der Waals surface area contributed by atoms with Crippen LogP contribution in [0.25, 0.3) is 0 Å². The molecule has 0 spiro atoms. The topological polar surface area (TPSA) is 94.4 Å². The van der Waals surface area contributed by atoms with E-state index < -0.39 is 16.1 Å². The summed E-state index contributed by atoms with van der Waals surface area (Å²) in [5.74, 6) is 0.189. The average Bonchev–Trinajstić information content (AvgIpc) is 3.03. The third-order valence-electron chi connectivity index (χ3n) is 6.33. The highest BCUT2D eigenvalue weighted by molar-refractivity contribution is 7.90. The number of aliphatic hydroxyl groups excluding tert-OH is 1. The second kappa shape index (κ2) is 7.67. The lowest BCUT2D eigenvalue weighted by Crippen LogP contribution is -2.48. The van der Waals surface area contributed by atoms with Gasteiger partial charge in [0.1, 0.15) is 17.2 Å². The van der Waals surface area contributed by atoms with Gasteiger partial charge in [0.05, 0.1) is 5.69 Å². The van der Waals surface area contributed by atoms with Crippen LogP contribution in [0.5, 0.6) is 0 Å². The van der Waals surface area contributed by atoms with Crippen LogP contribution in [0.15, 0.2) is 62.0 Å². The second-order valence-electron chi connectivity index (χ2n) is 8.26. The van der Waals surface area contributed by atoms with Crippen molar-refractivity contribution in [2.24, 2.45) is 9.39 Å². The van der Waals surface area contributed by atoms with Crippen LogP contribution in [0.4, 0.5) is 5.69 Å². The fourth-order valence-electron chi connectivity index (χ4n) is 4.82. The van der Waals surface area contributed by atoms with Gasteiger partial charge >= 0.3 is 0 Å². The van der Waals surface area contributed by atoms with E-state index in [1.54, 1.807) is 18.2 Å². The minimum Gasteiger partial charge on any atom is -0.384 e. The Hall–Kier alpha value is -2.45. The molecule has 4 aliphatic rings. The quantitative estimate of drug-likeness (QED) is 0.559. The van der Waals surface area contributed by atoms with Gasteiger partial charge < -0.3 is 15.3 Å². The summed E-state index contributed by atoms with van der Waals surface area (Å²) in [5, 5.41) is 14.3. The Morgan fingerprint density at radius 1 is 1.10 bits per heavy atom. The van der Waals surface area contributed by atoms with Crippen molar-refractivity contribution in [2.75, 3.05) is 5.32 Å². The van der Waals surface area contributed by atoms with Crippen LogP contribution in [0.3, 0.4) is 0 Å². The number of benzene rings is 1. The molecule has 5 rings (SSSR count). The summed E-state index contributed by atoms with van der Waals surface area (Å²) in [6.07, 6.45) is 12.2. The van der Waals surface area contributed by atoms with Crippen molar-refractivity contribution >= 4 is 27.8 Å². The fourth-order valence-corrected chi connectivity index (χ4v) is 5.95. The van der Waals surface area contributed by atoms with E-state index >= 15 is 0 Å². The summed E-state index contributed by atoms with van der Waals surface area (Å²) in [5.41, 5.74) is 1.77. The van der Waals surface area contributed by atoms with Crippen LogP contribution in [0.2, 0.25) is 0 Å². The number of amidine groups is 1. The van der Waals surface area contributed by atoms with Gasteiger partial charge in [-0.3, -0.25) is 4.99 Å². The maximum absolute atomic E-state index is 12.8. The monoisotopic (exact) mass is 426 g/mol. The Bertz CT molecular complexity index is 1070. The molecule has 0 saturated heterocycles. The predicted molar refractivity (Wildman–Crippen MR) is 117 cm³/mol. The normalized spacial score (nSPS) is 28.3. The molecular formula is C22H26N4O3S. The SMILES string of the molecule is O=S1(=O)N=C(C2=CN(C3CCCCCC3)C3N=CCC=C3C2O)Nc2ccccc21. The molecule has 0 aromatic heterocycles. The first-order valence-electron chi connectivity index (χ1n) is 10.6. The lowest BCUT2D eigenvalue weighted by Gasteiger charge is -2.43. The van der Waals surface area contributed by atoms with Crippen LogP contribution in [0, 0.1) is 0 Å². The number of hydrogen-bond acceptors (Lipinski definition) is 6. The van der Waals surface area contributed by atoms with Gasteiger partial charge in [-0.2, -0.15) is 8.42 Å². The number of aliphatic imine (C=N–C) groups is 1. The molecule has 1 aromatic rings. The molecule has 2 atom stereocenters. The van der Waals surface area contributed by atoms with Crippen molar-refractivity contribution in [3.05, 3.63) is 47.7 Å². The van der Waals surface area contributed by atoms with E-state index in [4.69, 9.17) is 0 Å². The van der Waals surface area contributed by atoms with E-state index in [9.17, 15) is 13.5 Å². The highest BCUT2D eigenvalue weighted by atomic mass is 32.2. The van der Waals surface area contributed by atoms with Crippen LogP contribution in [-0.2, 0) is 10.0 Å². The zero-order chi connectivity index (χ0) is 20.7. The summed E-state index contributed by atoms with van der Waals surface area (Å²) in [7, 11) is -3.84. The zero-order valence-electron chi connectivity index (χ0n) is 16.7. The molecule has 1 aliphatic carbocycles. The van der Waals surface area contributed by atoms with Gasteiger partial charge in [0.25, 0.3) is 10.0 Å². The molecule has 7 nitrogen and oxygen atoms in total. The molecule has 2 unspecified atom stereocenters. The van der Waals surface area contributed by atoms with Crippen molar-refractivity contribution in [2.45, 2.75) is 68.2 Å². The molecule has 158 valence electrons. The Balaban J connectivity index is 1.58. The van der Waals surface area contributed by atoms with E-state index in [0.717, 1.165) is 18.4 Å². The van der Waals surface area contributed by atoms with Gasteiger partial charge in [0, 0.05) is 36.0 Å². The number of nitrogens with zero attached hydrogens (tertiary/aromatic N) is 3. The molecule has 0 radical (unpaired) electrons. The Morgan fingerprint density at radius 3 is 2.67 bits per heavy atom. The number of rotatable bonds is 2. The summed E-state index contributed by atoms with van der Waals surface area (Å²) in [6.45, 7) is 0. The summed E-state index contributed by atoms with van der Waals surface area (Å²) >= 11 is 0. The molecule has 1 aromatic carbocycles. The van der Waals surface area contributed by atoms with E-state index in [-0.39, 0.29) is 16.9 Å². The Labute approximate surface area is 177 Å². The first kappa shape index (κ1) is 19.5. The van der Waals surface area contributed by atoms with Gasteiger partial charge in [0.2, 0.25) is 0 Å². The first-order valence-corrected chi connectivity index (χ1v) is 12.1. The number of dihydropyridines is 1.